The van der Waals surface area contributed by atoms with E-state index >= 15 is 0 Å². The molecule has 0 spiro atoms. The van der Waals surface area contributed by atoms with Crippen LogP contribution in [0.15, 0.2) is 48.5 Å². The van der Waals surface area contributed by atoms with Gasteiger partial charge in [0.25, 0.3) is 0 Å². The van der Waals surface area contributed by atoms with Crippen molar-refractivity contribution >= 4 is 18.0 Å². The second-order valence-corrected chi connectivity index (χ2v) is 9.70. The van der Waals surface area contributed by atoms with Gasteiger partial charge >= 0.3 is 12.1 Å². The quantitative estimate of drug-likeness (QED) is 0.638. The van der Waals surface area contributed by atoms with Gasteiger partial charge in [-0.05, 0) is 53.9 Å². The predicted molar refractivity (Wildman–Crippen MR) is 128 cm³/mol. The summed E-state index contributed by atoms with van der Waals surface area (Å²) in [6, 6.07) is 16.3. The van der Waals surface area contributed by atoms with E-state index in [1.54, 1.807) is 0 Å². The van der Waals surface area contributed by atoms with Crippen molar-refractivity contribution in [3.8, 4) is 11.1 Å². The van der Waals surface area contributed by atoms with Gasteiger partial charge in [0.15, 0.2) is 0 Å². The molecular weight excluding hydrogens is 432 g/mol. The average Bonchev–Trinajstić information content (AvgIpc) is 3.15. The number of nitrogens with one attached hydrogen (secondary N) is 1. The Morgan fingerprint density at radius 1 is 1.03 bits per heavy atom. The lowest BCUT2D eigenvalue weighted by atomic mass is 9.70. The number of aliphatic carboxylic acids is 1. The van der Waals surface area contributed by atoms with Crippen molar-refractivity contribution in [3.63, 3.8) is 0 Å². The zero-order chi connectivity index (χ0) is 24.3. The molecule has 0 atom stereocenters. The largest absolute Gasteiger partial charge is 0.480 e. The van der Waals surface area contributed by atoms with E-state index in [2.05, 4.69) is 36.5 Å². The molecular formula is C27H32N2O5. The second-order valence-electron chi connectivity index (χ2n) is 9.70. The molecule has 2 aromatic carbocycles. The van der Waals surface area contributed by atoms with Crippen LogP contribution in [0, 0.1) is 11.3 Å². The molecule has 34 heavy (non-hydrogen) atoms. The summed E-state index contributed by atoms with van der Waals surface area (Å²) in [5, 5.41) is 11.9. The third kappa shape index (κ3) is 4.79. The van der Waals surface area contributed by atoms with Gasteiger partial charge in [-0.3, -0.25) is 9.59 Å². The highest BCUT2D eigenvalue weighted by Crippen LogP contribution is 2.44. The Morgan fingerprint density at radius 2 is 1.59 bits per heavy atom. The zero-order valence-corrected chi connectivity index (χ0v) is 19.8. The van der Waals surface area contributed by atoms with Crippen molar-refractivity contribution in [1.29, 1.82) is 0 Å². The Labute approximate surface area is 200 Å². The molecule has 7 heteroatoms. The first-order valence-corrected chi connectivity index (χ1v) is 11.9. The number of rotatable bonds is 7. The highest BCUT2D eigenvalue weighted by atomic mass is 16.5. The van der Waals surface area contributed by atoms with Crippen molar-refractivity contribution in [1.82, 2.24) is 10.2 Å². The Hall–Kier alpha value is -3.35. The van der Waals surface area contributed by atoms with E-state index in [9.17, 15) is 14.4 Å². The summed E-state index contributed by atoms with van der Waals surface area (Å²) in [7, 11) is 1.50. The molecule has 2 aromatic rings. The number of carboxylic acid groups (broad SMARTS) is 1. The van der Waals surface area contributed by atoms with Crippen LogP contribution in [0.25, 0.3) is 11.1 Å². The van der Waals surface area contributed by atoms with Crippen molar-refractivity contribution in [3.05, 3.63) is 59.7 Å². The van der Waals surface area contributed by atoms with E-state index in [0.717, 1.165) is 35.1 Å². The van der Waals surface area contributed by atoms with Crippen LogP contribution in [0.4, 0.5) is 4.79 Å². The molecule has 2 amide bonds. The highest BCUT2D eigenvalue weighted by Gasteiger charge is 2.43. The van der Waals surface area contributed by atoms with Gasteiger partial charge in [-0.1, -0.05) is 55.5 Å². The number of fused-ring (bicyclic) bond motifs is 3. The summed E-state index contributed by atoms with van der Waals surface area (Å²) in [5.41, 5.74) is 3.80. The zero-order valence-electron chi connectivity index (χ0n) is 19.8. The number of amides is 2. The number of carbonyl (C=O) groups excluding carboxylic acids is 2. The van der Waals surface area contributed by atoms with Gasteiger partial charge in [-0.15, -0.1) is 0 Å². The van der Waals surface area contributed by atoms with Crippen molar-refractivity contribution in [2.75, 3.05) is 26.7 Å². The lowest BCUT2D eigenvalue weighted by Gasteiger charge is -2.40. The summed E-state index contributed by atoms with van der Waals surface area (Å²) in [6.07, 6.45) is 2.38. The average molecular weight is 465 g/mol. The van der Waals surface area contributed by atoms with Gasteiger partial charge in [0.05, 0.1) is 5.41 Å². The molecule has 0 aromatic heterocycles. The molecule has 0 bridgehead atoms. The Morgan fingerprint density at radius 3 is 2.15 bits per heavy atom. The van der Waals surface area contributed by atoms with E-state index in [0.29, 0.717) is 18.8 Å². The first-order valence-electron chi connectivity index (χ1n) is 11.9. The summed E-state index contributed by atoms with van der Waals surface area (Å²) < 4.78 is 5.63. The van der Waals surface area contributed by atoms with Crippen LogP contribution >= 0.6 is 0 Å². The molecule has 0 saturated heterocycles. The molecule has 1 saturated carbocycles. The molecule has 0 heterocycles. The normalized spacial score (nSPS) is 21.3. The maximum absolute atomic E-state index is 13.2. The molecule has 7 nitrogen and oxygen atoms in total. The Bertz CT molecular complexity index is 1030. The fraction of sp³-hybridized carbons (Fsp3) is 0.444. The van der Waals surface area contributed by atoms with Crippen molar-refractivity contribution in [2.24, 2.45) is 11.3 Å². The minimum Gasteiger partial charge on any atom is -0.480 e. The summed E-state index contributed by atoms with van der Waals surface area (Å²) in [5.74, 6) is -0.827. The Balaban J connectivity index is 1.41. The summed E-state index contributed by atoms with van der Waals surface area (Å²) >= 11 is 0. The van der Waals surface area contributed by atoms with Crippen LogP contribution in [0.3, 0.4) is 0 Å². The SMILES string of the molecule is CC1CCC(CNC(=O)OCC2c3ccccc3-c3ccccc32)(C(=O)N(C)CC(=O)O)CC1. The van der Waals surface area contributed by atoms with Gasteiger partial charge < -0.3 is 20.1 Å². The summed E-state index contributed by atoms with van der Waals surface area (Å²) in [4.78, 5) is 38.2. The van der Waals surface area contributed by atoms with Gasteiger partial charge in [0, 0.05) is 19.5 Å². The van der Waals surface area contributed by atoms with E-state index in [4.69, 9.17) is 9.84 Å². The van der Waals surface area contributed by atoms with Crippen LogP contribution in [0.1, 0.15) is 49.7 Å². The standard InChI is InChI=1S/C27H32N2O5/c1-18-11-13-27(14-12-18,25(32)29(2)15-24(30)31)17-28-26(33)34-16-23-21-9-5-3-7-19(21)20-8-4-6-10-22(20)23/h3-10,18,23H,11-17H2,1-2H3,(H,28,33)(H,30,31). The molecule has 0 radical (unpaired) electrons. The van der Waals surface area contributed by atoms with Crippen LogP contribution in [-0.2, 0) is 14.3 Å². The fourth-order valence-electron chi connectivity index (χ4n) is 5.35. The number of alkyl carbamates (subject to hydrolysis) is 1. The van der Waals surface area contributed by atoms with Crippen LogP contribution in [0.5, 0.6) is 0 Å². The minimum absolute atomic E-state index is 0.0361. The van der Waals surface area contributed by atoms with E-state index in [1.807, 2.05) is 24.3 Å². The first kappa shape index (κ1) is 23.8. The first-order chi connectivity index (χ1) is 16.3. The maximum atomic E-state index is 13.2. The molecule has 4 rings (SSSR count). The van der Waals surface area contributed by atoms with Gasteiger partial charge in [-0.25, -0.2) is 4.79 Å². The van der Waals surface area contributed by atoms with Crippen LogP contribution in [0.2, 0.25) is 0 Å². The number of carbonyl (C=O) groups is 3. The van der Waals surface area contributed by atoms with Gasteiger partial charge in [0.2, 0.25) is 5.91 Å². The minimum atomic E-state index is -1.06. The predicted octanol–water partition coefficient (Wildman–Crippen LogP) is 4.26. The van der Waals surface area contributed by atoms with E-state index < -0.39 is 17.5 Å². The molecule has 0 aliphatic heterocycles. The summed E-state index contributed by atoms with van der Waals surface area (Å²) in [6.45, 7) is 2.13. The fourth-order valence-corrected chi connectivity index (χ4v) is 5.35. The maximum Gasteiger partial charge on any atom is 0.407 e. The number of nitrogens with zero attached hydrogens (tertiary/aromatic N) is 1. The monoisotopic (exact) mass is 464 g/mol. The molecule has 1 fully saturated rings. The number of hydrogen-bond acceptors (Lipinski definition) is 4. The number of hydrogen-bond donors (Lipinski definition) is 2. The number of ether oxygens (including phenoxy) is 1. The second kappa shape index (κ2) is 9.87. The molecule has 180 valence electrons. The number of carboxylic acids is 1. The molecule has 2 aliphatic rings. The molecule has 2 aliphatic carbocycles. The lowest BCUT2D eigenvalue weighted by molar-refractivity contribution is -0.150. The highest BCUT2D eigenvalue weighted by molar-refractivity contribution is 5.86. The van der Waals surface area contributed by atoms with E-state index in [1.165, 1.54) is 11.9 Å². The number of likely N-dealkylation sites (N-methyl/N-ethyl adjacent to an activating group) is 1. The molecule has 0 unspecified atom stereocenters. The Kier molecular flexibility index (Phi) is 6.91. The number of benzene rings is 2. The topological polar surface area (TPSA) is 95.9 Å². The van der Waals surface area contributed by atoms with Gasteiger partial charge in [0.1, 0.15) is 13.2 Å². The van der Waals surface area contributed by atoms with Crippen LogP contribution in [-0.4, -0.2) is 54.7 Å². The molecule has 2 N–H and O–H groups in total. The third-order valence-corrected chi connectivity index (χ3v) is 7.32. The van der Waals surface area contributed by atoms with Crippen LogP contribution < -0.4 is 5.32 Å². The smallest absolute Gasteiger partial charge is 0.407 e. The van der Waals surface area contributed by atoms with Crippen molar-refractivity contribution < 1.29 is 24.2 Å². The van der Waals surface area contributed by atoms with Gasteiger partial charge in [-0.2, -0.15) is 0 Å². The van der Waals surface area contributed by atoms with Crippen molar-refractivity contribution in [2.45, 2.75) is 38.5 Å². The lowest BCUT2D eigenvalue weighted by Crippen LogP contribution is -2.51. The third-order valence-electron chi connectivity index (χ3n) is 7.32. The van der Waals surface area contributed by atoms with E-state index in [-0.39, 0.29) is 31.5 Å².